The van der Waals surface area contributed by atoms with Gasteiger partial charge in [0.2, 0.25) is 15.9 Å². The van der Waals surface area contributed by atoms with Gasteiger partial charge >= 0.3 is 0 Å². The number of hydrogen-bond donors (Lipinski definition) is 2. The first-order valence-corrected chi connectivity index (χ1v) is 11.7. The molecule has 2 heterocycles. The smallest absolute Gasteiger partial charge is 0.265 e. The molecule has 2 aromatic rings. The molecule has 1 fully saturated rings. The van der Waals surface area contributed by atoms with Crippen LogP contribution in [0.25, 0.3) is 0 Å². The van der Waals surface area contributed by atoms with Crippen LogP contribution in [0.1, 0.15) is 30.9 Å². The lowest BCUT2D eigenvalue weighted by molar-refractivity contribution is -0.124. The minimum Gasteiger partial charge on any atom is -0.479 e. The van der Waals surface area contributed by atoms with Crippen molar-refractivity contribution >= 4 is 27.5 Å². The number of carbonyl (C=O) groups is 2. The number of carbonyl (C=O) groups excluding carboxylic acids is 2. The molecule has 0 bridgehead atoms. The van der Waals surface area contributed by atoms with E-state index in [-0.39, 0.29) is 23.3 Å². The van der Waals surface area contributed by atoms with Crippen molar-refractivity contribution in [1.29, 1.82) is 0 Å². The number of benzene rings is 2. The van der Waals surface area contributed by atoms with Crippen molar-refractivity contribution < 1.29 is 22.7 Å². The Labute approximate surface area is 181 Å². The van der Waals surface area contributed by atoms with Crippen LogP contribution in [0, 0.1) is 6.92 Å². The number of nitrogens with zero attached hydrogens (tertiary/aromatic N) is 1. The molecule has 1 saturated heterocycles. The van der Waals surface area contributed by atoms with E-state index in [0.29, 0.717) is 30.8 Å². The van der Waals surface area contributed by atoms with E-state index in [9.17, 15) is 18.0 Å². The highest BCUT2D eigenvalue weighted by Crippen LogP contribution is 2.34. The van der Waals surface area contributed by atoms with Gasteiger partial charge in [0, 0.05) is 13.1 Å². The maximum atomic E-state index is 13.3. The molecule has 9 heteroatoms. The number of sulfonamides is 1. The van der Waals surface area contributed by atoms with Crippen molar-refractivity contribution in [2.45, 2.75) is 50.3 Å². The highest BCUT2D eigenvalue weighted by molar-refractivity contribution is 7.89. The zero-order chi connectivity index (χ0) is 22.2. The lowest BCUT2D eigenvalue weighted by Gasteiger charge is -2.26. The Balaban J connectivity index is 1.51. The van der Waals surface area contributed by atoms with Crippen molar-refractivity contribution in [1.82, 2.24) is 9.62 Å². The number of hydrogen-bond acceptors (Lipinski definition) is 5. The predicted octanol–water partition coefficient (Wildman–Crippen LogP) is 2.18. The van der Waals surface area contributed by atoms with Crippen molar-refractivity contribution in [3.8, 4) is 5.75 Å². The number of aryl methyl sites for hydroxylation is 1. The summed E-state index contributed by atoms with van der Waals surface area (Å²) in [7, 11) is -3.92. The van der Waals surface area contributed by atoms with Crippen molar-refractivity contribution in [2.24, 2.45) is 0 Å². The van der Waals surface area contributed by atoms with E-state index in [1.54, 1.807) is 6.92 Å². The van der Waals surface area contributed by atoms with E-state index in [2.05, 4.69) is 10.6 Å². The van der Waals surface area contributed by atoms with E-state index in [0.717, 1.165) is 11.1 Å². The van der Waals surface area contributed by atoms with E-state index < -0.39 is 22.2 Å². The SMILES string of the molecule is Cc1ccc(CNC(=O)[C@@H]2CCCN2S(=O)(=O)c2ccc3c(c2)NC(=O)[C@H](C)O3)cc1. The molecule has 2 aromatic carbocycles. The molecule has 2 aliphatic heterocycles. The summed E-state index contributed by atoms with van der Waals surface area (Å²) in [6.07, 6.45) is 0.418. The molecule has 2 N–H and O–H groups in total. The number of ether oxygens (including phenoxy) is 1. The van der Waals surface area contributed by atoms with Gasteiger partial charge in [0.05, 0.1) is 10.6 Å². The van der Waals surface area contributed by atoms with E-state index in [1.807, 2.05) is 31.2 Å². The van der Waals surface area contributed by atoms with Crippen LogP contribution in [0.4, 0.5) is 5.69 Å². The fourth-order valence-electron chi connectivity index (χ4n) is 3.79. The largest absolute Gasteiger partial charge is 0.479 e. The van der Waals surface area contributed by atoms with E-state index in [1.165, 1.54) is 22.5 Å². The summed E-state index contributed by atoms with van der Waals surface area (Å²) in [5.41, 5.74) is 2.39. The lowest BCUT2D eigenvalue weighted by atomic mass is 10.1. The Bertz CT molecular complexity index is 1110. The predicted molar refractivity (Wildman–Crippen MR) is 115 cm³/mol. The van der Waals surface area contributed by atoms with Crippen LogP contribution in [0.2, 0.25) is 0 Å². The summed E-state index contributed by atoms with van der Waals surface area (Å²) in [5, 5.41) is 5.52. The summed E-state index contributed by atoms with van der Waals surface area (Å²) in [5.74, 6) is -0.235. The van der Waals surface area contributed by atoms with E-state index >= 15 is 0 Å². The molecule has 0 spiro atoms. The van der Waals surface area contributed by atoms with Gasteiger partial charge in [0.25, 0.3) is 5.91 Å². The number of rotatable bonds is 5. The Morgan fingerprint density at radius 2 is 1.97 bits per heavy atom. The minimum absolute atomic E-state index is 0.0166. The Kier molecular flexibility index (Phi) is 5.72. The molecule has 0 aliphatic carbocycles. The Morgan fingerprint density at radius 3 is 2.71 bits per heavy atom. The summed E-state index contributed by atoms with van der Waals surface area (Å²) in [6, 6.07) is 11.4. The Morgan fingerprint density at radius 1 is 1.23 bits per heavy atom. The van der Waals surface area contributed by atoms with Crippen LogP contribution in [0.3, 0.4) is 0 Å². The van der Waals surface area contributed by atoms with Crippen molar-refractivity contribution in [2.75, 3.05) is 11.9 Å². The zero-order valence-electron chi connectivity index (χ0n) is 17.4. The van der Waals surface area contributed by atoms with Gasteiger partial charge in [-0.2, -0.15) is 4.31 Å². The molecule has 2 aliphatic rings. The minimum atomic E-state index is -3.92. The first-order valence-electron chi connectivity index (χ1n) is 10.2. The average Bonchev–Trinajstić information content (AvgIpc) is 3.24. The second kappa shape index (κ2) is 8.32. The van der Waals surface area contributed by atoms with Gasteiger partial charge in [-0.1, -0.05) is 29.8 Å². The summed E-state index contributed by atoms with van der Waals surface area (Å²) >= 11 is 0. The van der Waals surface area contributed by atoms with Crippen LogP contribution in [-0.2, 0) is 26.2 Å². The number of amides is 2. The van der Waals surface area contributed by atoms with Gasteiger partial charge < -0.3 is 15.4 Å². The first-order chi connectivity index (χ1) is 14.8. The monoisotopic (exact) mass is 443 g/mol. The zero-order valence-corrected chi connectivity index (χ0v) is 18.2. The number of nitrogens with one attached hydrogen (secondary N) is 2. The van der Waals surface area contributed by atoms with Crippen LogP contribution in [0.5, 0.6) is 5.75 Å². The van der Waals surface area contributed by atoms with Crippen molar-refractivity contribution in [3.63, 3.8) is 0 Å². The molecule has 0 saturated carbocycles. The molecule has 0 radical (unpaired) electrons. The number of fused-ring (bicyclic) bond motifs is 1. The second-order valence-electron chi connectivity index (χ2n) is 7.88. The first kappa shape index (κ1) is 21.3. The summed E-state index contributed by atoms with van der Waals surface area (Å²) in [6.45, 7) is 4.21. The highest BCUT2D eigenvalue weighted by Gasteiger charge is 2.40. The third-order valence-electron chi connectivity index (χ3n) is 5.58. The fraction of sp³-hybridized carbons (Fsp3) is 0.364. The average molecular weight is 444 g/mol. The fourth-order valence-corrected chi connectivity index (χ4v) is 5.47. The highest BCUT2D eigenvalue weighted by atomic mass is 32.2. The summed E-state index contributed by atoms with van der Waals surface area (Å²) in [4.78, 5) is 24.7. The van der Waals surface area contributed by atoms with Gasteiger partial charge in [-0.15, -0.1) is 0 Å². The summed E-state index contributed by atoms with van der Waals surface area (Å²) < 4.78 is 33.3. The molecule has 2 amide bonds. The quantitative estimate of drug-likeness (QED) is 0.737. The van der Waals surface area contributed by atoms with E-state index in [4.69, 9.17) is 4.74 Å². The number of anilines is 1. The van der Waals surface area contributed by atoms with Crippen LogP contribution >= 0.6 is 0 Å². The molecular formula is C22H25N3O5S. The molecule has 164 valence electrons. The normalized spacial score (nSPS) is 21.2. The van der Waals surface area contributed by atoms with Gasteiger partial charge in [-0.3, -0.25) is 9.59 Å². The molecular weight excluding hydrogens is 418 g/mol. The van der Waals surface area contributed by atoms with Crippen LogP contribution in [0.15, 0.2) is 47.4 Å². The Hall–Kier alpha value is -2.91. The van der Waals surface area contributed by atoms with Crippen LogP contribution in [-0.4, -0.2) is 43.2 Å². The molecule has 0 unspecified atom stereocenters. The van der Waals surface area contributed by atoms with Crippen molar-refractivity contribution in [3.05, 3.63) is 53.6 Å². The third kappa shape index (κ3) is 4.28. The maximum Gasteiger partial charge on any atom is 0.265 e. The molecule has 0 aromatic heterocycles. The second-order valence-corrected chi connectivity index (χ2v) is 9.78. The molecule has 8 nitrogen and oxygen atoms in total. The molecule has 4 rings (SSSR count). The van der Waals surface area contributed by atoms with Crippen LogP contribution < -0.4 is 15.4 Å². The maximum absolute atomic E-state index is 13.3. The van der Waals surface area contributed by atoms with Gasteiger partial charge in [0.1, 0.15) is 11.8 Å². The molecule has 31 heavy (non-hydrogen) atoms. The van der Waals surface area contributed by atoms with Gasteiger partial charge in [0.15, 0.2) is 6.10 Å². The molecule has 2 atom stereocenters. The standard InChI is InChI=1S/C22H25N3O5S/c1-14-5-7-16(8-6-14)13-23-22(27)19-4-3-11-25(19)31(28,29)17-9-10-20-18(12-17)24-21(26)15(2)30-20/h5-10,12,15,19H,3-4,11,13H2,1-2H3,(H,23,27)(H,24,26)/t15-,19-/m0/s1. The topological polar surface area (TPSA) is 105 Å². The lowest BCUT2D eigenvalue weighted by Crippen LogP contribution is -2.45. The third-order valence-corrected chi connectivity index (χ3v) is 7.49. The van der Waals surface area contributed by atoms with Gasteiger partial charge in [-0.05, 0) is 50.5 Å². The van der Waals surface area contributed by atoms with Gasteiger partial charge in [-0.25, -0.2) is 8.42 Å².